The van der Waals surface area contributed by atoms with Crippen molar-refractivity contribution in [2.45, 2.75) is 57.0 Å². The van der Waals surface area contributed by atoms with Crippen LogP contribution in [0.1, 0.15) is 44.9 Å². The molecule has 5 rings (SSSR count). The fourth-order valence-corrected chi connectivity index (χ4v) is 7.65. The number of hydrogen-bond donors (Lipinski definition) is 1. The molecular weight excluding hydrogens is 360 g/mol. The molecule has 4 atom stereocenters. The fourth-order valence-electron chi connectivity index (χ4n) is 5.80. The quantitative estimate of drug-likeness (QED) is 0.576. The van der Waals surface area contributed by atoms with Gasteiger partial charge in [0.2, 0.25) is 0 Å². The zero-order valence-electron chi connectivity index (χ0n) is 16.4. The molecule has 0 amide bonds. The molecule has 2 aliphatic heterocycles. The molecule has 0 aromatic rings. The van der Waals surface area contributed by atoms with Crippen molar-refractivity contribution < 1.29 is 8.42 Å². The summed E-state index contributed by atoms with van der Waals surface area (Å²) in [7, 11) is -2.81. The lowest BCUT2D eigenvalue weighted by molar-refractivity contribution is 0.0957. The Kier molecular flexibility index (Phi) is 4.87. The molecule has 152 valence electrons. The van der Waals surface area contributed by atoms with Crippen LogP contribution in [0.25, 0.3) is 0 Å². The van der Waals surface area contributed by atoms with Crippen LogP contribution < -0.4 is 5.32 Å². The van der Waals surface area contributed by atoms with Crippen molar-refractivity contribution in [1.82, 2.24) is 15.1 Å². The first-order valence-electron chi connectivity index (χ1n) is 11.1. The maximum Gasteiger partial charge on any atom is 0.194 e. The number of sulfone groups is 1. The van der Waals surface area contributed by atoms with E-state index in [9.17, 15) is 8.42 Å². The molecule has 5 fully saturated rings. The van der Waals surface area contributed by atoms with Crippen molar-refractivity contribution >= 4 is 15.8 Å². The van der Waals surface area contributed by atoms with E-state index in [0.29, 0.717) is 24.1 Å². The van der Waals surface area contributed by atoms with Gasteiger partial charge in [-0.1, -0.05) is 6.42 Å². The van der Waals surface area contributed by atoms with Crippen LogP contribution in [-0.4, -0.2) is 80.5 Å². The van der Waals surface area contributed by atoms with E-state index in [-0.39, 0.29) is 5.92 Å². The zero-order valence-corrected chi connectivity index (χ0v) is 17.2. The second-order valence-corrected chi connectivity index (χ2v) is 11.8. The van der Waals surface area contributed by atoms with Crippen LogP contribution in [0.3, 0.4) is 0 Å². The van der Waals surface area contributed by atoms with Gasteiger partial charge in [-0.25, -0.2) is 8.42 Å². The SMILES string of the molecule is O=S1(=O)CCC(CN=C(NC2CC2)N2CCN(C3CC4CCC3C4)CC2)C1. The summed E-state index contributed by atoms with van der Waals surface area (Å²) in [5.74, 6) is 3.89. The number of fused-ring (bicyclic) bond motifs is 2. The van der Waals surface area contributed by atoms with Crippen molar-refractivity contribution in [2.75, 3.05) is 44.2 Å². The second-order valence-electron chi connectivity index (χ2n) is 9.62. The van der Waals surface area contributed by atoms with Crippen LogP contribution >= 0.6 is 0 Å². The maximum atomic E-state index is 11.7. The molecule has 3 aliphatic carbocycles. The highest BCUT2D eigenvalue weighted by molar-refractivity contribution is 7.91. The lowest BCUT2D eigenvalue weighted by atomic mass is 9.93. The Morgan fingerprint density at radius 2 is 1.81 bits per heavy atom. The predicted molar refractivity (Wildman–Crippen MR) is 108 cm³/mol. The van der Waals surface area contributed by atoms with Crippen molar-refractivity contribution in [2.24, 2.45) is 22.7 Å². The Bertz CT molecular complexity index is 682. The second kappa shape index (κ2) is 7.21. The molecule has 2 heterocycles. The Hall–Kier alpha value is -0.820. The van der Waals surface area contributed by atoms with Crippen LogP contribution in [0, 0.1) is 17.8 Å². The minimum atomic E-state index is -2.81. The molecule has 7 heteroatoms. The number of aliphatic imine (C=N–C) groups is 1. The van der Waals surface area contributed by atoms with Crippen LogP contribution in [-0.2, 0) is 9.84 Å². The first-order valence-corrected chi connectivity index (χ1v) is 12.9. The van der Waals surface area contributed by atoms with E-state index < -0.39 is 9.84 Å². The van der Waals surface area contributed by atoms with Gasteiger partial charge in [-0.3, -0.25) is 9.89 Å². The summed E-state index contributed by atoms with van der Waals surface area (Å²) in [5.41, 5.74) is 0. The monoisotopic (exact) mass is 394 g/mol. The summed E-state index contributed by atoms with van der Waals surface area (Å²) < 4.78 is 23.4. The van der Waals surface area contributed by atoms with Gasteiger partial charge in [-0.15, -0.1) is 0 Å². The van der Waals surface area contributed by atoms with Crippen molar-refractivity contribution in [3.8, 4) is 0 Å². The van der Waals surface area contributed by atoms with E-state index in [1.165, 1.54) is 38.5 Å². The van der Waals surface area contributed by atoms with Crippen molar-refractivity contribution in [3.05, 3.63) is 0 Å². The Balaban J connectivity index is 1.18. The number of nitrogens with zero attached hydrogens (tertiary/aromatic N) is 3. The van der Waals surface area contributed by atoms with Gasteiger partial charge in [0, 0.05) is 44.8 Å². The summed E-state index contributed by atoms with van der Waals surface area (Å²) in [6, 6.07) is 1.42. The predicted octanol–water partition coefficient (Wildman–Crippen LogP) is 1.34. The third kappa shape index (κ3) is 4.14. The van der Waals surface area contributed by atoms with E-state index >= 15 is 0 Å². The largest absolute Gasteiger partial charge is 0.354 e. The number of nitrogens with one attached hydrogen (secondary N) is 1. The standard InChI is InChI=1S/C20H34N4O2S/c25-27(26)10-5-16(14-27)13-21-20(22-18-3-4-18)24-8-6-23(7-9-24)19-12-15-1-2-17(19)11-15/h15-19H,1-14H2,(H,21,22). The molecule has 3 saturated carbocycles. The third-order valence-electron chi connectivity index (χ3n) is 7.52. The normalized spacial score (nSPS) is 39.3. The molecule has 2 bridgehead atoms. The van der Waals surface area contributed by atoms with Gasteiger partial charge < -0.3 is 10.2 Å². The van der Waals surface area contributed by atoms with Gasteiger partial charge in [-0.2, -0.15) is 0 Å². The highest BCUT2D eigenvalue weighted by Crippen LogP contribution is 2.46. The Morgan fingerprint density at radius 3 is 2.41 bits per heavy atom. The van der Waals surface area contributed by atoms with Crippen LogP contribution in [0.2, 0.25) is 0 Å². The number of piperazine rings is 1. The van der Waals surface area contributed by atoms with Gasteiger partial charge in [0.1, 0.15) is 0 Å². The average molecular weight is 395 g/mol. The highest BCUT2D eigenvalue weighted by atomic mass is 32.2. The highest BCUT2D eigenvalue weighted by Gasteiger charge is 2.43. The molecule has 4 unspecified atom stereocenters. The fraction of sp³-hybridized carbons (Fsp3) is 0.950. The summed E-state index contributed by atoms with van der Waals surface area (Å²) in [4.78, 5) is 10.1. The molecule has 2 saturated heterocycles. The first-order chi connectivity index (χ1) is 13.1. The van der Waals surface area contributed by atoms with Gasteiger partial charge in [-0.05, 0) is 56.3 Å². The van der Waals surface area contributed by atoms with Crippen LogP contribution in [0.4, 0.5) is 0 Å². The van der Waals surface area contributed by atoms with Gasteiger partial charge in [0.15, 0.2) is 15.8 Å². The van der Waals surface area contributed by atoms with Crippen molar-refractivity contribution in [3.63, 3.8) is 0 Å². The lowest BCUT2D eigenvalue weighted by Crippen LogP contribution is -2.55. The minimum absolute atomic E-state index is 0.210. The number of hydrogen-bond acceptors (Lipinski definition) is 4. The third-order valence-corrected chi connectivity index (χ3v) is 9.36. The van der Waals surface area contributed by atoms with E-state index in [0.717, 1.165) is 56.4 Å². The molecular formula is C20H34N4O2S. The maximum absolute atomic E-state index is 11.7. The van der Waals surface area contributed by atoms with E-state index in [1.54, 1.807) is 0 Å². The molecule has 0 aromatic carbocycles. The summed E-state index contributed by atoms with van der Waals surface area (Å²) in [6.07, 6.45) is 9.09. The van der Waals surface area contributed by atoms with Gasteiger partial charge in [0.05, 0.1) is 11.5 Å². The lowest BCUT2D eigenvalue weighted by Gasteiger charge is -2.42. The minimum Gasteiger partial charge on any atom is -0.354 e. The Labute approximate surface area is 163 Å². The smallest absolute Gasteiger partial charge is 0.194 e. The topological polar surface area (TPSA) is 65.0 Å². The number of rotatable bonds is 4. The van der Waals surface area contributed by atoms with Crippen LogP contribution in [0.5, 0.6) is 0 Å². The van der Waals surface area contributed by atoms with Gasteiger partial charge >= 0.3 is 0 Å². The molecule has 0 aromatic heterocycles. The molecule has 0 spiro atoms. The van der Waals surface area contributed by atoms with Crippen molar-refractivity contribution in [1.29, 1.82) is 0 Å². The van der Waals surface area contributed by atoms with Crippen LogP contribution in [0.15, 0.2) is 4.99 Å². The summed E-state index contributed by atoms with van der Waals surface area (Å²) in [5, 5.41) is 3.62. The van der Waals surface area contributed by atoms with E-state index in [1.807, 2.05) is 0 Å². The summed E-state index contributed by atoms with van der Waals surface area (Å²) >= 11 is 0. The molecule has 6 nitrogen and oxygen atoms in total. The zero-order chi connectivity index (χ0) is 18.4. The summed E-state index contributed by atoms with van der Waals surface area (Å²) in [6.45, 7) is 5.06. The van der Waals surface area contributed by atoms with E-state index in [2.05, 4.69) is 15.1 Å². The van der Waals surface area contributed by atoms with Gasteiger partial charge in [0.25, 0.3) is 0 Å². The molecule has 1 N–H and O–H groups in total. The molecule has 5 aliphatic rings. The first kappa shape index (κ1) is 18.2. The average Bonchev–Trinajstić information content (AvgIpc) is 3.06. The Morgan fingerprint density at radius 1 is 1.00 bits per heavy atom. The molecule has 27 heavy (non-hydrogen) atoms. The van der Waals surface area contributed by atoms with E-state index in [4.69, 9.17) is 4.99 Å². The molecule has 0 radical (unpaired) electrons. The number of guanidine groups is 1.